The summed E-state index contributed by atoms with van der Waals surface area (Å²) in [5.41, 5.74) is 2.16. The molecule has 0 aliphatic rings. The van der Waals surface area contributed by atoms with Gasteiger partial charge in [0.1, 0.15) is 12.4 Å². The first kappa shape index (κ1) is 14.3. The Kier molecular flexibility index (Phi) is 4.39. The van der Waals surface area contributed by atoms with E-state index in [4.69, 9.17) is 21.4 Å². The highest BCUT2D eigenvalue weighted by Crippen LogP contribution is 2.28. The minimum Gasteiger partial charge on any atom is -0.491 e. The molecule has 0 aliphatic carbocycles. The van der Waals surface area contributed by atoms with E-state index >= 15 is 0 Å². The summed E-state index contributed by atoms with van der Waals surface area (Å²) in [6, 6.07) is 13.6. The lowest BCUT2D eigenvalue weighted by Gasteiger charge is -2.02. The van der Waals surface area contributed by atoms with Crippen molar-refractivity contribution in [3.05, 3.63) is 58.1 Å². The molecule has 0 saturated heterocycles. The van der Waals surface area contributed by atoms with E-state index in [2.05, 4.69) is 4.98 Å². The fourth-order valence-electron chi connectivity index (χ4n) is 2.06. The minimum absolute atomic E-state index is 0.0164. The molecule has 3 nitrogen and oxygen atoms in total. The Morgan fingerprint density at radius 3 is 2.71 bits per heavy atom. The van der Waals surface area contributed by atoms with Crippen molar-refractivity contribution < 1.29 is 9.84 Å². The number of benzene rings is 2. The fourth-order valence-corrected chi connectivity index (χ4v) is 3.21. The number of halogens is 1. The van der Waals surface area contributed by atoms with Crippen LogP contribution in [0.2, 0.25) is 5.02 Å². The molecule has 21 heavy (non-hydrogen) atoms. The molecule has 3 aromatic rings. The Morgan fingerprint density at radius 2 is 1.95 bits per heavy atom. The van der Waals surface area contributed by atoms with Crippen LogP contribution in [0.5, 0.6) is 5.75 Å². The summed E-state index contributed by atoms with van der Waals surface area (Å²) >= 11 is 7.55. The maximum Gasteiger partial charge on any atom is 0.120 e. The molecule has 0 atom stereocenters. The Hall–Kier alpha value is -1.62. The van der Waals surface area contributed by atoms with Crippen molar-refractivity contribution in [3.8, 4) is 5.75 Å². The lowest BCUT2D eigenvalue weighted by molar-refractivity contribution is 0.201. The van der Waals surface area contributed by atoms with Crippen molar-refractivity contribution in [2.75, 3.05) is 13.2 Å². The molecule has 2 aromatic carbocycles. The van der Waals surface area contributed by atoms with Gasteiger partial charge >= 0.3 is 0 Å². The highest BCUT2D eigenvalue weighted by atomic mass is 35.5. The number of aliphatic hydroxyl groups excluding tert-OH is 1. The van der Waals surface area contributed by atoms with E-state index in [0.29, 0.717) is 6.61 Å². The summed E-state index contributed by atoms with van der Waals surface area (Å²) in [7, 11) is 0. The van der Waals surface area contributed by atoms with E-state index in [0.717, 1.165) is 32.4 Å². The van der Waals surface area contributed by atoms with Crippen LogP contribution in [0.3, 0.4) is 0 Å². The highest BCUT2D eigenvalue weighted by Gasteiger charge is 2.06. The molecule has 0 bridgehead atoms. The number of ether oxygens (including phenoxy) is 1. The van der Waals surface area contributed by atoms with Crippen LogP contribution < -0.4 is 4.74 Å². The molecule has 3 rings (SSSR count). The van der Waals surface area contributed by atoms with Gasteiger partial charge in [0.2, 0.25) is 0 Å². The quantitative estimate of drug-likeness (QED) is 0.775. The van der Waals surface area contributed by atoms with Crippen LogP contribution in [-0.4, -0.2) is 23.3 Å². The summed E-state index contributed by atoms with van der Waals surface area (Å²) in [6.07, 6.45) is 0.795. The normalized spacial score (nSPS) is 11.0. The van der Waals surface area contributed by atoms with Crippen molar-refractivity contribution in [2.45, 2.75) is 6.42 Å². The van der Waals surface area contributed by atoms with Crippen molar-refractivity contribution in [3.63, 3.8) is 0 Å². The number of thiazole rings is 1. The number of hydrogen-bond donors (Lipinski definition) is 1. The zero-order valence-electron chi connectivity index (χ0n) is 11.3. The van der Waals surface area contributed by atoms with E-state index in [1.807, 2.05) is 42.5 Å². The number of hydrogen-bond acceptors (Lipinski definition) is 4. The maximum absolute atomic E-state index is 8.78. The Morgan fingerprint density at radius 1 is 1.14 bits per heavy atom. The van der Waals surface area contributed by atoms with Crippen LogP contribution in [0.25, 0.3) is 10.2 Å². The fraction of sp³-hybridized carbons (Fsp3) is 0.188. The zero-order valence-corrected chi connectivity index (χ0v) is 12.8. The van der Waals surface area contributed by atoms with Gasteiger partial charge in [-0.1, -0.05) is 23.7 Å². The van der Waals surface area contributed by atoms with Gasteiger partial charge in [0, 0.05) is 11.4 Å². The van der Waals surface area contributed by atoms with E-state index in [1.54, 1.807) is 11.3 Å². The number of nitrogens with zero attached hydrogens (tertiary/aromatic N) is 1. The Balaban J connectivity index is 1.81. The van der Waals surface area contributed by atoms with Crippen LogP contribution in [0.4, 0.5) is 0 Å². The molecular weight excluding hydrogens is 306 g/mol. The third-order valence-electron chi connectivity index (χ3n) is 3.03. The van der Waals surface area contributed by atoms with Crippen LogP contribution in [0, 0.1) is 0 Å². The van der Waals surface area contributed by atoms with E-state index in [9.17, 15) is 0 Å². The summed E-state index contributed by atoms with van der Waals surface area (Å²) in [4.78, 5) is 4.63. The van der Waals surface area contributed by atoms with Crippen molar-refractivity contribution in [2.24, 2.45) is 0 Å². The Labute approximate surface area is 131 Å². The molecular formula is C16H14ClNO2S. The van der Waals surface area contributed by atoms with Crippen LogP contribution in [0.15, 0.2) is 42.5 Å². The molecule has 0 fully saturated rings. The molecule has 0 spiro atoms. The van der Waals surface area contributed by atoms with Gasteiger partial charge in [-0.15, -0.1) is 11.3 Å². The van der Waals surface area contributed by atoms with Gasteiger partial charge in [0.25, 0.3) is 0 Å². The Bertz CT molecular complexity index is 740. The first-order chi connectivity index (χ1) is 10.2. The van der Waals surface area contributed by atoms with Crippen LogP contribution >= 0.6 is 22.9 Å². The number of aromatic nitrogens is 1. The molecule has 1 N–H and O–H groups in total. The lowest BCUT2D eigenvalue weighted by Crippen LogP contribution is -2.00. The van der Waals surface area contributed by atoms with Crippen LogP contribution in [0.1, 0.15) is 10.6 Å². The molecule has 0 radical (unpaired) electrons. The lowest BCUT2D eigenvalue weighted by atomic mass is 10.2. The smallest absolute Gasteiger partial charge is 0.120 e. The SMILES string of the molecule is OCCOc1ccc2nc(Cc3ccc(Cl)cc3)sc2c1. The van der Waals surface area contributed by atoms with E-state index < -0.39 is 0 Å². The molecule has 1 aromatic heterocycles. The standard InChI is InChI=1S/C16H14ClNO2S/c17-12-3-1-11(2-4-12)9-16-18-14-6-5-13(20-8-7-19)10-15(14)21-16/h1-6,10,19H,7-9H2. The van der Waals surface area contributed by atoms with Crippen molar-refractivity contribution >= 4 is 33.2 Å². The first-order valence-electron chi connectivity index (χ1n) is 6.62. The average molecular weight is 320 g/mol. The van der Waals surface area contributed by atoms with Gasteiger partial charge < -0.3 is 9.84 Å². The van der Waals surface area contributed by atoms with Gasteiger partial charge in [0.05, 0.1) is 21.8 Å². The summed E-state index contributed by atoms with van der Waals surface area (Å²) in [6.45, 7) is 0.324. The largest absolute Gasteiger partial charge is 0.491 e. The summed E-state index contributed by atoms with van der Waals surface area (Å²) in [5, 5.41) is 10.6. The van der Waals surface area contributed by atoms with Crippen molar-refractivity contribution in [1.29, 1.82) is 0 Å². The summed E-state index contributed by atoms with van der Waals surface area (Å²) in [5.74, 6) is 0.762. The average Bonchev–Trinajstić information content (AvgIpc) is 2.89. The zero-order chi connectivity index (χ0) is 14.7. The summed E-state index contributed by atoms with van der Waals surface area (Å²) < 4.78 is 6.51. The highest BCUT2D eigenvalue weighted by molar-refractivity contribution is 7.18. The molecule has 1 heterocycles. The van der Waals surface area contributed by atoms with Crippen molar-refractivity contribution in [1.82, 2.24) is 4.98 Å². The topological polar surface area (TPSA) is 42.4 Å². The third-order valence-corrected chi connectivity index (χ3v) is 4.30. The predicted molar refractivity (Wildman–Crippen MR) is 86.5 cm³/mol. The second-order valence-corrected chi connectivity index (χ2v) is 6.16. The molecule has 0 amide bonds. The number of aliphatic hydroxyl groups is 1. The molecule has 0 unspecified atom stereocenters. The van der Waals surface area contributed by atoms with Gasteiger partial charge in [-0.3, -0.25) is 0 Å². The number of fused-ring (bicyclic) bond motifs is 1. The number of rotatable bonds is 5. The second-order valence-electron chi connectivity index (χ2n) is 4.61. The molecule has 0 saturated carbocycles. The predicted octanol–water partition coefficient (Wildman–Crippen LogP) is 3.91. The maximum atomic E-state index is 8.78. The van der Waals surface area contributed by atoms with Crippen LogP contribution in [-0.2, 0) is 6.42 Å². The van der Waals surface area contributed by atoms with Gasteiger partial charge in [0.15, 0.2) is 0 Å². The van der Waals surface area contributed by atoms with E-state index in [-0.39, 0.29) is 6.61 Å². The first-order valence-corrected chi connectivity index (χ1v) is 7.81. The second kappa shape index (κ2) is 6.43. The van der Waals surface area contributed by atoms with Gasteiger partial charge in [-0.2, -0.15) is 0 Å². The third kappa shape index (κ3) is 3.53. The molecule has 0 aliphatic heterocycles. The monoisotopic (exact) mass is 319 g/mol. The van der Waals surface area contributed by atoms with Gasteiger partial charge in [-0.05, 0) is 35.9 Å². The minimum atomic E-state index is 0.0164. The van der Waals surface area contributed by atoms with Gasteiger partial charge in [-0.25, -0.2) is 4.98 Å². The molecule has 108 valence electrons. The molecule has 5 heteroatoms. The van der Waals surface area contributed by atoms with E-state index in [1.165, 1.54) is 5.56 Å².